The van der Waals surface area contributed by atoms with E-state index in [1.807, 2.05) is 29.9 Å². The average molecular weight is 301 g/mol. The van der Waals surface area contributed by atoms with Crippen LogP contribution in [0.1, 0.15) is 18.4 Å². The molecule has 116 valence electrons. The lowest BCUT2D eigenvalue weighted by Crippen LogP contribution is -2.37. The standard InChI is InChI=1S/C15H19N5O2/c1-12-4-5-14(15(9-12)20(21)22)18-7-2-3-13(10-18)11-19-8-6-16-17-19/h4-6,8-9,13H,2-3,7,10-11H2,1H3. The van der Waals surface area contributed by atoms with Crippen LogP contribution in [0.15, 0.2) is 30.6 Å². The van der Waals surface area contributed by atoms with E-state index in [1.165, 1.54) is 0 Å². The minimum atomic E-state index is -0.288. The topological polar surface area (TPSA) is 77.1 Å². The van der Waals surface area contributed by atoms with Crippen LogP contribution >= 0.6 is 0 Å². The fourth-order valence-corrected chi connectivity index (χ4v) is 3.07. The molecule has 1 fully saturated rings. The van der Waals surface area contributed by atoms with Crippen molar-refractivity contribution in [3.05, 3.63) is 46.3 Å². The van der Waals surface area contributed by atoms with Gasteiger partial charge in [-0.25, -0.2) is 0 Å². The van der Waals surface area contributed by atoms with Crippen molar-refractivity contribution in [1.82, 2.24) is 15.0 Å². The van der Waals surface area contributed by atoms with Gasteiger partial charge in [-0.1, -0.05) is 11.3 Å². The Hall–Kier alpha value is -2.44. The van der Waals surface area contributed by atoms with Gasteiger partial charge in [0, 0.05) is 31.9 Å². The first-order valence-electron chi connectivity index (χ1n) is 7.47. The SMILES string of the molecule is Cc1ccc(N2CCCC(Cn3ccnn3)C2)c([N+](=O)[O-])c1. The van der Waals surface area contributed by atoms with Crippen LogP contribution < -0.4 is 4.90 Å². The van der Waals surface area contributed by atoms with Crippen LogP contribution in [0.5, 0.6) is 0 Å². The zero-order valence-electron chi connectivity index (χ0n) is 12.6. The van der Waals surface area contributed by atoms with E-state index in [0.717, 1.165) is 43.7 Å². The predicted molar refractivity (Wildman–Crippen MR) is 82.8 cm³/mol. The molecule has 22 heavy (non-hydrogen) atoms. The largest absolute Gasteiger partial charge is 0.366 e. The average Bonchev–Trinajstić information content (AvgIpc) is 3.00. The smallest absolute Gasteiger partial charge is 0.292 e. The molecule has 1 saturated heterocycles. The maximum absolute atomic E-state index is 11.3. The van der Waals surface area contributed by atoms with Crippen LogP contribution in [-0.4, -0.2) is 33.0 Å². The molecule has 0 aliphatic carbocycles. The van der Waals surface area contributed by atoms with E-state index in [1.54, 1.807) is 12.3 Å². The van der Waals surface area contributed by atoms with E-state index >= 15 is 0 Å². The predicted octanol–water partition coefficient (Wildman–Crippen LogP) is 2.41. The van der Waals surface area contributed by atoms with E-state index in [2.05, 4.69) is 15.2 Å². The lowest BCUT2D eigenvalue weighted by Gasteiger charge is -2.34. The van der Waals surface area contributed by atoms with Crippen LogP contribution in [0.25, 0.3) is 0 Å². The fourth-order valence-electron chi connectivity index (χ4n) is 3.07. The molecule has 7 nitrogen and oxygen atoms in total. The van der Waals surface area contributed by atoms with Gasteiger partial charge >= 0.3 is 0 Å². The van der Waals surface area contributed by atoms with Crippen LogP contribution in [0.3, 0.4) is 0 Å². The summed E-state index contributed by atoms with van der Waals surface area (Å²) < 4.78 is 1.83. The summed E-state index contributed by atoms with van der Waals surface area (Å²) in [7, 11) is 0. The van der Waals surface area contributed by atoms with E-state index in [-0.39, 0.29) is 10.6 Å². The quantitative estimate of drug-likeness (QED) is 0.640. The maximum Gasteiger partial charge on any atom is 0.292 e. The third kappa shape index (κ3) is 3.08. The van der Waals surface area contributed by atoms with Gasteiger partial charge in [-0.2, -0.15) is 0 Å². The third-order valence-corrected chi connectivity index (χ3v) is 4.10. The van der Waals surface area contributed by atoms with E-state index in [9.17, 15) is 10.1 Å². The molecule has 2 aromatic rings. The zero-order chi connectivity index (χ0) is 15.5. The third-order valence-electron chi connectivity index (χ3n) is 4.10. The number of aromatic nitrogens is 3. The van der Waals surface area contributed by atoms with Gasteiger partial charge in [0.15, 0.2) is 0 Å². The van der Waals surface area contributed by atoms with Crippen molar-refractivity contribution in [3.63, 3.8) is 0 Å². The number of benzene rings is 1. The second kappa shape index (κ2) is 6.13. The Bertz CT molecular complexity index is 656. The normalized spacial score (nSPS) is 18.4. The Morgan fingerprint density at radius 1 is 1.45 bits per heavy atom. The van der Waals surface area contributed by atoms with Crippen molar-refractivity contribution in [1.29, 1.82) is 0 Å². The Labute approximate surface area is 128 Å². The minimum Gasteiger partial charge on any atom is -0.366 e. The molecule has 1 aromatic heterocycles. The van der Waals surface area contributed by atoms with Crippen molar-refractivity contribution in [2.45, 2.75) is 26.3 Å². The molecule has 1 aliphatic rings. The molecule has 1 aromatic carbocycles. The molecule has 0 N–H and O–H groups in total. The minimum absolute atomic E-state index is 0.196. The Kier molecular flexibility index (Phi) is 4.04. The van der Waals surface area contributed by atoms with E-state index < -0.39 is 0 Å². The maximum atomic E-state index is 11.3. The number of nitro groups is 1. The first-order valence-corrected chi connectivity index (χ1v) is 7.47. The van der Waals surface area contributed by atoms with Gasteiger partial charge in [0.2, 0.25) is 0 Å². The molecule has 1 atom stereocenters. The van der Waals surface area contributed by atoms with Gasteiger partial charge in [-0.15, -0.1) is 5.10 Å². The molecule has 1 unspecified atom stereocenters. The number of nitrogens with zero attached hydrogens (tertiary/aromatic N) is 5. The number of hydrogen-bond acceptors (Lipinski definition) is 5. The summed E-state index contributed by atoms with van der Waals surface area (Å²) in [6.45, 7) is 4.35. The van der Waals surface area contributed by atoms with Gasteiger partial charge in [0.25, 0.3) is 5.69 Å². The molecule has 0 spiro atoms. The van der Waals surface area contributed by atoms with Crippen molar-refractivity contribution >= 4 is 11.4 Å². The Morgan fingerprint density at radius 2 is 2.32 bits per heavy atom. The summed E-state index contributed by atoms with van der Waals surface area (Å²) in [5.41, 5.74) is 1.83. The second-order valence-corrected chi connectivity index (χ2v) is 5.83. The highest BCUT2D eigenvalue weighted by atomic mass is 16.6. The first-order chi connectivity index (χ1) is 10.6. The summed E-state index contributed by atoms with van der Waals surface area (Å²) >= 11 is 0. The molecule has 0 bridgehead atoms. The van der Waals surface area contributed by atoms with Gasteiger partial charge in [-0.3, -0.25) is 14.8 Å². The number of hydrogen-bond donors (Lipinski definition) is 0. The number of rotatable bonds is 4. The molecule has 2 heterocycles. The van der Waals surface area contributed by atoms with Gasteiger partial charge in [0.05, 0.1) is 11.1 Å². The fraction of sp³-hybridized carbons (Fsp3) is 0.467. The molecule has 1 aliphatic heterocycles. The summed E-state index contributed by atoms with van der Waals surface area (Å²) in [4.78, 5) is 13.2. The highest BCUT2D eigenvalue weighted by Crippen LogP contribution is 2.32. The summed E-state index contributed by atoms with van der Waals surface area (Å²) in [5, 5.41) is 19.1. The summed E-state index contributed by atoms with van der Waals surface area (Å²) in [6, 6.07) is 5.45. The Balaban J connectivity index is 1.78. The van der Waals surface area contributed by atoms with Crippen molar-refractivity contribution in [2.75, 3.05) is 18.0 Å². The molecule has 0 saturated carbocycles. The monoisotopic (exact) mass is 301 g/mol. The van der Waals surface area contributed by atoms with Crippen molar-refractivity contribution in [3.8, 4) is 0 Å². The van der Waals surface area contributed by atoms with Gasteiger partial charge < -0.3 is 4.90 Å². The lowest BCUT2D eigenvalue weighted by molar-refractivity contribution is -0.384. The molecule has 0 radical (unpaired) electrons. The summed E-state index contributed by atoms with van der Waals surface area (Å²) in [5.74, 6) is 0.427. The molecule has 0 amide bonds. The number of anilines is 1. The summed E-state index contributed by atoms with van der Waals surface area (Å²) in [6.07, 6.45) is 5.67. The molecular formula is C15H19N5O2. The number of piperidine rings is 1. The zero-order valence-corrected chi connectivity index (χ0v) is 12.6. The van der Waals surface area contributed by atoms with Crippen LogP contribution in [-0.2, 0) is 6.54 Å². The Morgan fingerprint density at radius 3 is 3.05 bits per heavy atom. The van der Waals surface area contributed by atoms with Crippen LogP contribution in [0.2, 0.25) is 0 Å². The lowest BCUT2D eigenvalue weighted by atomic mass is 9.97. The molecule has 7 heteroatoms. The van der Waals surface area contributed by atoms with E-state index in [0.29, 0.717) is 5.92 Å². The van der Waals surface area contributed by atoms with Crippen LogP contribution in [0, 0.1) is 23.0 Å². The van der Waals surface area contributed by atoms with Crippen molar-refractivity contribution < 1.29 is 4.92 Å². The van der Waals surface area contributed by atoms with Crippen LogP contribution in [0.4, 0.5) is 11.4 Å². The highest BCUT2D eigenvalue weighted by molar-refractivity contribution is 5.64. The second-order valence-electron chi connectivity index (χ2n) is 5.83. The van der Waals surface area contributed by atoms with E-state index in [4.69, 9.17) is 0 Å². The van der Waals surface area contributed by atoms with Crippen molar-refractivity contribution in [2.24, 2.45) is 5.92 Å². The molecule has 3 rings (SSSR count). The van der Waals surface area contributed by atoms with Gasteiger partial charge in [-0.05, 0) is 37.3 Å². The number of aryl methyl sites for hydroxylation is 1. The first kappa shape index (κ1) is 14.5. The number of nitro benzene ring substituents is 1. The van der Waals surface area contributed by atoms with Gasteiger partial charge in [0.1, 0.15) is 5.69 Å². The molecular weight excluding hydrogens is 282 g/mol. The highest BCUT2D eigenvalue weighted by Gasteiger charge is 2.25.